The number of nitrogens with one attached hydrogen (secondary N) is 1. The molecule has 2 fully saturated rings. The van der Waals surface area contributed by atoms with E-state index in [1.807, 2.05) is 53.4 Å². The number of rotatable bonds is 7. The molecule has 1 spiro atoms. The van der Waals surface area contributed by atoms with Gasteiger partial charge in [0.2, 0.25) is 0 Å². The lowest BCUT2D eigenvalue weighted by Crippen LogP contribution is -2.43. The van der Waals surface area contributed by atoms with Crippen LogP contribution in [0.15, 0.2) is 60.7 Å². The molecule has 2 atom stereocenters. The summed E-state index contributed by atoms with van der Waals surface area (Å²) in [5.41, 5.74) is 2.07. The molecule has 2 unspecified atom stereocenters. The van der Waals surface area contributed by atoms with Gasteiger partial charge < -0.3 is 15.0 Å². The van der Waals surface area contributed by atoms with Crippen molar-refractivity contribution in [3.8, 4) is 5.75 Å². The number of piperidine rings is 1. The molecule has 6 rings (SSSR count). The fourth-order valence-electron chi connectivity index (χ4n) is 7.03. The first-order valence-corrected chi connectivity index (χ1v) is 14.9. The Morgan fingerprint density at radius 3 is 2.49 bits per heavy atom. The molecule has 218 valence electrons. The topological polar surface area (TPSA) is 27.7 Å². The highest BCUT2D eigenvalue weighted by Gasteiger charge is 2.40. The van der Waals surface area contributed by atoms with Crippen molar-refractivity contribution < 1.29 is 17.9 Å². The first-order chi connectivity index (χ1) is 19.7. The van der Waals surface area contributed by atoms with Gasteiger partial charge in [-0.2, -0.15) is 0 Å². The van der Waals surface area contributed by atoms with Crippen molar-refractivity contribution in [1.29, 1.82) is 0 Å². The van der Waals surface area contributed by atoms with Gasteiger partial charge in [0, 0.05) is 49.4 Å². The van der Waals surface area contributed by atoms with Gasteiger partial charge in [0.1, 0.15) is 29.7 Å². The number of anilines is 1. The van der Waals surface area contributed by atoms with Gasteiger partial charge >= 0.3 is 0 Å². The Bertz CT molecular complexity index is 1340. The maximum absolute atomic E-state index is 16.0. The molecule has 0 saturated carbocycles. The van der Waals surface area contributed by atoms with Gasteiger partial charge in [0.05, 0.1) is 6.04 Å². The second-order valence-electron chi connectivity index (χ2n) is 12.8. The number of halogens is 3. The van der Waals surface area contributed by atoms with Crippen LogP contribution in [0.1, 0.15) is 61.4 Å². The summed E-state index contributed by atoms with van der Waals surface area (Å²) in [6, 6.07) is 17.9. The van der Waals surface area contributed by atoms with Crippen molar-refractivity contribution in [2.24, 2.45) is 5.41 Å². The largest absolute Gasteiger partial charge is 0.489 e. The summed E-state index contributed by atoms with van der Waals surface area (Å²) in [5.74, 6) is -0.444. The Hall–Kier alpha value is -3.03. The molecule has 2 saturated heterocycles. The van der Waals surface area contributed by atoms with E-state index in [0.29, 0.717) is 31.0 Å². The lowest BCUT2D eigenvalue weighted by molar-refractivity contribution is 0.0972. The molecule has 0 aromatic heterocycles. The van der Waals surface area contributed by atoms with Crippen LogP contribution in [0.4, 0.5) is 18.9 Å². The summed E-state index contributed by atoms with van der Waals surface area (Å²) in [6.45, 7) is 7.62. The highest BCUT2D eigenvalue weighted by molar-refractivity contribution is 5.53. The number of hydrogen-bond donors (Lipinski definition) is 1. The summed E-state index contributed by atoms with van der Waals surface area (Å²) in [4.78, 5) is 4.00. The summed E-state index contributed by atoms with van der Waals surface area (Å²) in [7, 11) is 0. The first kappa shape index (κ1) is 28.1. The van der Waals surface area contributed by atoms with Crippen molar-refractivity contribution in [3.05, 3.63) is 94.6 Å². The molecule has 0 amide bonds. The molecule has 3 aromatic rings. The molecule has 3 aromatic carbocycles. The fraction of sp³-hybridized carbons (Fsp3) is 0.471. The average molecular weight is 564 g/mol. The van der Waals surface area contributed by atoms with Crippen molar-refractivity contribution in [2.45, 2.75) is 57.8 Å². The minimum absolute atomic E-state index is 0.00912. The molecule has 4 nitrogen and oxygen atoms in total. The highest BCUT2D eigenvalue weighted by Crippen LogP contribution is 2.43. The van der Waals surface area contributed by atoms with Crippen molar-refractivity contribution in [1.82, 2.24) is 10.2 Å². The Morgan fingerprint density at radius 2 is 1.78 bits per heavy atom. The Morgan fingerprint density at radius 1 is 1.00 bits per heavy atom. The standard InChI is InChI=1S/C34H40F3N3O/c1-33(2,37)22-40-15-11-25-17-27(41-20-24-7-4-3-5-8-24)9-10-28(25)32(40)31-29(35)18-26(19-30(31)36)39-16-13-34(23-39)12-6-14-38-21-34/h3-5,7-10,17-19,32,38H,6,11-16,20-23H2,1-2H3. The van der Waals surface area contributed by atoms with E-state index in [2.05, 4.69) is 10.2 Å². The van der Waals surface area contributed by atoms with E-state index in [-0.39, 0.29) is 17.5 Å². The number of alkyl halides is 1. The number of hydrogen-bond acceptors (Lipinski definition) is 4. The summed E-state index contributed by atoms with van der Waals surface area (Å²) in [5, 5.41) is 3.50. The van der Waals surface area contributed by atoms with Gasteiger partial charge in [-0.25, -0.2) is 13.2 Å². The van der Waals surface area contributed by atoms with E-state index >= 15 is 8.78 Å². The third-order valence-electron chi connectivity index (χ3n) is 8.97. The van der Waals surface area contributed by atoms with E-state index < -0.39 is 23.3 Å². The fourth-order valence-corrected chi connectivity index (χ4v) is 7.03. The molecule has 3 aliphatic rings. The van der Waals surface area contributed by atoms with Crippen molar-refractivity contribution in [2.75, 3.05) is 44.2 Å². The molecule has 0 radical (unpaired) electrons. The smallest absolute Gasteiger partial charge is 0.133 e. The SMILES string of the molecule is CC(C)(F)CN1CCc2cc(OCc3ccccc3)ccc2C1c1c(F)cc(N2CCC3(CCCNC3)C2)cc1F. The summed E-state index contributed by atoms with van der Waals surface area (Å²) < 4.78 is 53.1. The number of fused-ring (bicyclic) bond motifs is 1. The van der Waals surface area contributed by atoms with Crippen LogP contribution in [-0.4, -0.2) is 49.8 Å². The monoisotopic (exact) mass is 563 g/mol. The number of benzene rings is 3. The molecule has 0 bridgehead atoms. The third-order valence-corrected chi connectivity index (χ3v) is 8.97. The van der Waals surface area contributed by atoms with Gasteiger partial charge in [-0.05, 0) is 87.0 Å². The zero-order valence-electron chi connectivity index (χ0n) is 24.1. The van der Waals surface area contributed by atoms with Crippen LogP contribution < -0.4 is 15.0 Å². The minimum Gasteiger partial charge on any atom is -0.489 e. The summed E-state index contributed by atoms with van der Waals surface area (Å²) >= 11 is 0. The van der Waals surface area contributed by atoms with Crippen LogP contribution in [0.3, 0.4) is 0 Å². The quantitative estimate of drug-likeness (QED) is 0.342. The van der Waals surface area contributed by atoms with Gasteiger partial charge in [-0.15, -0.1) is 0 Å². The van der Waals surface area contributed by atoms with Gasteiger partial charge in [0.15, 0.2) is 0 Å². The molecular formula is C34H40F3N3O. The van der Waals surface area contributed by atoms with Gasteiger partial charge in [-0.1, -0.05) is 36.4 Å². The van der Waals surface area contributed by atoms with Crippen LogP contribution in [0.5, 0.6) is 5.75 Å². The minimum atomic E-state index is -1.51. The maximum atomic E-state index is 16.0. The summed E-state index contributed by atoms with van der Waals surface area (Å²) in [6.07, 6.45) is 3.95. The average Bonchev–Trinajstić information content (AvgIpc) is 3.35. The molecule has 3 aliphatic heterocycles. The molecule has 7 heteroatoms. The van der Waals surface area contributed by atoms with Crippen molar-refractivity contribution >= 4 is 5.69 Å². The maximum Gasteiger partial charge on any atom is 0.133 e. The van der Waals surface area contributed by atoms with E-state index in [1.165, 1.54) is 26.0 Å². The predicted octanol–water partition coefficient (Wildman–Crippen LogP) is 6.82. The predicted molar refractivity (Wildman–Crippen MR) is 157 cm³/mol. The lowest BCUT2D eigenvalue weighted by Gasteiger charge is -2.40. The van der Waals surface area contributed by atoms with Crippen LogP contribution in [-0.2, 0) is 13.0 Å². The van der Waals surface area contributed by atoms with E-state index in [1.54, 1.807) is 0 Å². The first-order valence-electron chi connectivity index (χ1n) is 14.9. The number of ether oxygens (including phenoxy) is 1. The molecule has 0 aliphatic carbocycles. The zero-order valence-corrected chi connectivity index (χ0v) is 24.1. The highest BCUT2D eigenvalue weighted by atomic mass is 19.1. The number of nitrogens with zero attached hydrogens (tertiary/aromatic N) is 2. The second-order valence-corrected chi connectivity index (χ2v) is 12.8. The van der Waals surface area contributed by atoms with Gasteiger partial charge in [0.25, 0.3) is 0 Å². The third kappa shape index (κ3) is 6.12. The second kappa shape index (κ2) is 11.3. The molecular weight excluding hydrogens is 523 g/mol. The lowest BCUT2D eigenvalue weighted by atomic mass is 9.80. The van der Waals surface area contributed by atoms with Crippen LogP contribution in [0, 0.1) is 17.0 Å². The Kier molecular flexibility index (Phi) is 7.77. The van der Waals surface area contributed by atoms with Gasteiger partial charge in [-0.3, -0.25) is 4.90 Å². The Balaban J connectivity index is 1.30. The molecule has 1 N–H and O–H groups in total. The zero-order chi connectivity index (χ0) is 28.6. The van der Waals surface area contributed by atoms with E-state index in [9.17, 15) is 4.39 Å². The Labute approximate surface area is 241 Å². The van der Waals surface area contributed by atoms with Crippen LogP contribution in [0.2, 0.25) is 0 Å². The van der Waals surface area contributed by atoms with Crippen molar-refractivity contribution in [3.63, 3.8) is 0 Å². The van der Waals surface area contributed by atoms with Crippen LogP contribution >= 0.6 is 0 Å². The van der Waals surface area contributed by atoms with E-state index in [0.717, 1.165) is 62.1 Å². The molecule has 41 heavy (non-hydrogen) atoms. The van der Waals surface area contributed by atoms with Crippen LogP contribution in [0.25, 0.3) is 0 Å². The van der Waals surface area contributed by atoms with E-state index in [4.69, 9.17) is 4.74 Å². The normalized spacial score (nSPS) is 23.1. The molecule has 3 heterocycles.